The van der Waals surface area contributed by atoms with E-state index in [0.29, 0.717) is 17.6 Å². The third kappa shape index (κ3) is 3.14. The Morgan fingerprint density at radius 3 is 3.05 bits per heavy atom. The standard InChI is InChI=1S/C16H19FN2O2/c17-14-5-1-4-13-15(21)9-11(18-16(13)14)10-19-7-2-3-12(20)6-8-19/h1,4-5,9,12,20H,2-3,6-8,10H2,(H,18,21)/t12-/m1/s1. The number of rotatable bonds is 2. The summed E-state index contributed by atoms with van der Waals surface area (Å²) in [6.07, 6.45) is 2.27. The number of hydrogen-bond acceptors (Lipinski definition) is 3. The molecule has 21 heavy (non-hydrogen) atoms. The number of para-hydroxylation sites is 1. The molecule has 0 bridgehead atoms. The molecule has 1 saturated heterocycles. The van der Waals surface area contributed by atoms with Crippen LogP contribution in [-0.2, 0) is 6.54 Å². The minimum atomic E-state index is -0.405. The highest BCUT2D eigenvalue weighted by Gasteiger charge is 2.16. The van der Waals surface area contributed by atoms with E-state index >= 15 is 0 Å². The van der Waals surface area contributed by atoms with E-state index in [4.69, 9.17) is 0 Å². The lowest BCUT2D eigenvalue weighted by Gasteiger charge is -2.19. The Kier molecular flexibility index (Phi) is 4.03. The molecule has 3 rings (SSSR count). The molecule has 2 N–H and O–H groups in total. The molecule has 1 aromatic carbocycles. The summed E-state index contributed by atoms with van der Waals surface area (Å²) in [5.74, 6) is -0.405. The Bertz CT molecular complexity index is 698. The number of aliphatic hydroxyl groups is 1. The highest BCUT2D eigenvalue weighted by molar-refractivity contribution is 5.78. The Hall–Kier alpha value is -1.72. The van der Waals surface area contributed by atoms with Crippen LogP contribution in [0.1, 0.15) is 25.0 Å². The maximum atomic E-state index is 13.8. The van der Waals surface area contributed by atoms with E-state index in [2.05, 4.69) is 9.88 Å². The first kappa shape index (κ1) is 14.2. The summed E-state index contributed by atoms with van der Waals surface area (Å²) in [5.41, 5.74) is 0.831. The fraction of sp³-hybridized carbons (Fsp3) is 0.438. The lowest BCUT2D eigenvalue weighted by molar-refractivity contribution is 0.154. The first-order valence-corrected chi connectivity index (χ1v) is 7.34. The first-order valence-electron chi connectivity index (χ1n) is 7.34. The number of halogens is 1. The zero-order chi connectivity index (χ0) is 14.8. The predicted octanol–water partition coefficient (Wildman–Crippen LogP) is 2.01. The molecule has 2 aromatic rings. The van der Waals surface area contributed by atoms with Crippen LogP contribution < -0.4 is 5.43 Å². The molecular formula is C16H19FN2O2. The molecule has 0 amide bonds. The lowest BCUT2D eigenvalue weighted by Crippen LogP contribution is -2.26. The van der Waals surface area contributed by atoms with Crippen molar-refractivity contribution >= 4 is 10.9 Å². The third-order valence-corrected chi connectivity index (χ3v) is 4.05. The average molecular weight is 290 g/mol. The molecule has 0 unspecified atom stereocenters. The summed E-state index contributed by atoms with van der Waals surface area (Å²) in [5, 5.41) is 10.0. The third-order valence-electron chi connectivity index (χ3n) is 4.05. The molecule has 1 aliphatic heterocycles. The van der Waals surface area contributed by atoms with Crippen LogP contribution in [0, 0.1) is 5.82 Å². The number of likely N-dealkylation sites (tertiary alicyclic amines) is 1. The number of aliphatic hydroxyl groups excluding tert-OH is 1. The van der Waals surface area contributed by atoms with E-state index in [1.807, 2.05) is 0 Å². The molecule has 4 nitrogen and oxygen atoms in total. The second kappa shape index (κ2) is 5.95. The van der Waals surface area contributed by atoms with Crippen LogP contribution in [0.3, 0.4) is 0 Å². The normalized spacial score (nSPS) is 20.6. The Labute approximate surface area is 122 Å². The smallest absolute Gasteiger partial charge is 0.189 e. The van der Waals surface area contributed by atoms with Gasteiger partial charge in [-0.3, -0.25) is 9.69 Å². The van der Waals surface area contributed by atoms with Crippen molar-refractivity contribution in [2.24, 2.45) is 0 Å². The van der Waals surface area contributed by atoms with E-state index in [-0.39, 0.29) is 17.0 Å². The van der Waals surface area contributed by atoms with Crippen LogP contribution in [0.15, 0.2) is 29.1 Å². The van der Waals surface area contributed by atoms with Gasteiger partial charge in [0.25, 0.3) is 0 Å². The van der Waals surface area contributed by atoms with Crippen molar-refractivity contribution in [2.75, 3.05) is 13.1 Å². The Morgan fingerprint density at radius 1 is 1.33 bits per heavy atom. The molecule has 0 spiro atoms. The molecule has 1 aromatic heterocycles. The fourth-order valence-corrected chi connectivity index (χ4v) is 2.91. The number of H-pyrrole nitrogens is 1. The second-order valence-corrected chi connectivity index (χ2v) is 5.68. The molecule has 1 aliphatic rings. The summed E-state index contributed by atoms with van der Waals surface area (Å²) in [6.45, 7) is 2.25. The minimum absolute atomic E-state index is 0.159. The van der Waals surface area contributed by atoms with E-state index in [0.717, 1.165) is 32.4 Å². The van der Waals surface area contributed by atoms with Crippen molar-refractivity contribution in [3.05, 3.63) is 46.0 Å². The highest BCUT2D eigenvalue weighted by Crippen LogP contribution is 2.16. The predicted molar refractivity (Wildman–Crippen MR) is 79.7 cm³/mol. The zero-order valence-electron chi connectivity index (χ0n) is 11.8. The number of nitrogens with one attached hydrogen (secondary N) is 1. The van der Waals surface area contributed by atoms with Crippen LogP contribution in [-0.4, -0.2) is 34.2 Å². The molecule has 0 saturated carbocycles. The maximum Gasteiger partial charge on any atom is 0.189 e. The van der Waals surface area contributed by atoms with Crippen molar-refractivity contribution in [3.63, 3.8) is 0 Å². The van der Waals surface area contributed by atoms with Crippen LogP contribution in [0.5, 0.6) is 0 Å². The average Bonchev–Trinajstić information content (AvgIpc) is 2.65. The minimum Gasteiger partial charge on any atom is -0.393 e. The number of benzene rings is 1. The molecular weight excluding hydrogens is 271 g/mol. The van der Waals surface area contributed by atoms with Crippen LogP contribution >= 0.6 is 0 Å². The van der Waals surface area contributed by atoms with E-state index < -0.39 is 5.82 Å². The van der Waals surface area contributed by atoms with Gasteiger partial charge < -0.3 is 10.1 Å². The molecule has 0 radical (unpaired) electrons. The van der Waals surface area contributed by atoms with Crippen LogP contribution in [0.4, 0.5) is 4.39 Å². The van der Waals surface area contributed by atoms with Crippen molar-refractivity contribution in [2.45, 2.75) is 31.9 Å². The second-order valence-electron chi connectivity index (χ2n) is 5.68. The zero-order valence-corrected chi connectivity index (χ0v) is 11.8. The van der Waals surface area contributed by atoms with Gasteiger partial charge in [0, 0.05) is 30.2 Å². The number of fused-ring (bicyclic) bond motifs is 1. The number of nitrogens with zero attached hydrogens (tertiary/aromatic N) is 1. The van der Waals surface area contributed by atoms with Gasteiger partial charge in [-0.25, -0.2) is 4.39 Å². The topological polar surface area (TPSA) is 56.3 Å². The van der Waals surface area contributed by atoms with Gasteiger partial charge in [-0.15, -0.1) is 0 Å². The van der Waals surface area contributed by atoms with Crippen molar-refractivity contribution in [1.29, 1.82) is 0 Å². The molecule has 5 heteroatoms. The summed E-state index contributed by atoms with van der Waals surface area (Å²) >= 11 is 0. The van der Waals surface area contributed by atoms with E-state index in [9.17, 15) is 14.3 Å². The van der Waals surface area contributed by atoms with Gasteiger partial charge in [0.15, 0.2) is 5.43 Å². The van der Waals surface area contributed by atoms with Gasteiger partial charge in [-0.2, -0.15) is 0 Å². The number of pyridine rings is 1. The van der Waals surface area contributed by atoms with Gasteiger partial charge in [0.05, 0.1) is 11.6 Å². The summed E-state index contributed by atoms with van der Waals surface area (Å²) in [6, 6.07) is 6.07. The SMILES string of the molecule is O=c1cc(CN2CCC[C@@H](O)CC2)[nH]c2c(F)cccc12. The number of aromatic amines is 1. The molecule has 2 heterocycles. The lowest BCUT2D eigenvalue weighted by atomic mass is 10.2. The van der Waals surface area contributed by atoms with Gasteiger partial charge in [0.1, 0.15) is 5.82 Å². The maximum absolute atomic E-state index is 13.8. The van der Waals surface area contributed by atoms with Gasteiger partial charge in [-0.1, -0.05) is 6.07 Å². The van der Waals surface area contributed by atoms with E-state index in [1.54, 1.807) is 18.2 Å². The fourth-order valence-electron chi connectivity index (χ4n) is 2.91. The van der Waals surface area contributed by atoms with Crippen LogP contribution in [0.25, 0.3) is 10.9 Å². The highest BCUT2D eigenvalue weighted by atomic mass is 19.1. The van der Waals surface area contributed by atoms with Gasteiger partial charge in [0.2, 0.25) is 0 Å². The molecule has 1 fully saturated rings. The number of aromatic nitrogens is 1. The molecule has 0 aliphatic carbocycles. The van der Waals surface area contributed by atoms with Crippen molar-refractivity contribution < 1.29 is 9.50 Å². The first-order chi connectivity index (χ1) is 10.1. The summed E-state index contributed by atoms with van der Waals surface area (Å²) in [7, 11) is 0. The number of hydrogen-bond donors (Lipinski definition) is 2. The Morgan fingerprint density at radius 2 is 2.19 bits per heavy atom. The molecule has 1 atom stereocenters. The van der Waals surface area contributed by atoms with Gasteiger partial charge in [-0.05, 0) is 37.9 Å². The summed E-state index contributed by atoms with van der Waals surface area (Å²) in [4.78, 5) is 17.3. The van der Waals surface area contributed by atoms with Gasteiger partial charge >= 0.3 is 0 Å². The monoisotopic (exact) mass is 290 g/mol. The quantitative estimate of drug-likeness (QED) is 0.889. The largest absolute Gasteiger partial charge is 0.393 e. The van der Waals surface area contributed by atoms with Crippen LogP contribution in [0.2, 0.25) is 0 Å². The van der Waals surface area contributed by atoms with Crippen molar-refractivity contribution in [1.82, 2.24) is 9.88 Å². The Balaban J connectivity index is 1.87. The van der Waals surface area contributed by atoms with E-state index in [1.165, 1.54) is 6.07 Å². The van der Waals surface area contributed by atoms with Crippen molar-refractivity contribution in [3.8, 4) is 0 Å². The molecule has 112 valence electrons. The summed E-state index contributed by atoms with van der Waals surface area (Å²) < 4.78 is 13.8.